The number of nitrogens with one attached hydrogen (secondary N) is 2. The Morgan fingerprint density at radius 2 is 1.59 bits per heavy atom. The Kier molecular flexibility index (Phi) is 8.55. The van der Waals surface area contributed by atoms with E-state index in [9.17, 15) is 9.59 Å². The number of benzene rings is 3. The topological polar surface area (TPSA) is 70.7 Å². The van der Waals surface area contributed by atoms with Gasteiger partial charge in [0.2, 0.25) is 5.91 Å². The molecule has 178 valence electrons. The molecule has 3 aromatic rings. The Labute approximate surface area is 205 Å². The minimum absolute atomic E-state index is 0.0233. The van der Waals surface area contributed by atoms with Crippen molar-refractivity contribution in [3.05, 3.63) is 83.9 Å². The molecule has 3 aromatic carbocycles. The van der Waals surface area contributed by atoms with Gasteiger partial charge in [0.05, 0.1) is 0 Å². The number of carbonyl (C=O) groups excluding carboxylic acids is 2. The molecule has 3 amide bonds. The van der Waals surface area contributed by atoms with Gasteiger partial charge in [-0.25, -0.2) is 4.79 Å². The molecule has 7 heteroatoms. The van der Waals surface area contributed by atoms with Crippen LogP contribution < -0.4 is 20.3 Å². The van der Waals surface area contributed by atoms with E-state index in [0.29, 0.717) is 41.7 Å². The van der Waals surface area contributed by atoms with Crippen molar-refractivity contribution in [3.8, 4) is 11.5 Å². The maximum Gasteiger partial charge on any atom is 0.326 e. The number of anilines is 2. The van der Waals surface area contributed by atoms with Crippen molar-refractivity contribution in [2.45, 2.75) is 27.2 Å². The fraction of sp³-hybridized carbons (Fsp3) is 0.259. The largest absolute Gasteiger partial charge is 0.457 e. The third-order valence-corrected chi connectivity index (χ3v) is 5.21. The molecule has 0 unspecified atom stereocenters. The lowest BCUT2D eigenvalue weighted by molar-refractivity contribution is -0.128. The van der Waals surface area contributed by atoms with Crippen molar-refractivity contribution >= 4 is 34.9 Å². The molecule has 0 bridgehead atoms. The lowest BCUT2D eigenvalue weighted by atomic mass is 9.96. The molecule has 0 aromatic heterocycles. The number of para-hydroxylation sites is 1. The number of hydrogen-bond acceptors (Lipinski definition) is 3. The van der Waals surface area contributed by atoms with Gasteiger partial charge in [0.15, 0.2) is 0 Å². The molecule has 0 aliphatic heterocycles. The Bertz CT molecular complexity index is 1100. The normalized spacial score (nSPS) is 10.9. The first-order valence-corrected chi connectivity index (χ1v) is 11.6. The van der Waals surface area contributed by atoms with E-state index in [1.165, 1.54) is 0 Å². The summed E-state index contributed by atoms with van der Waals surface area (Å²) in [7, 11) is 0. The Hall–Kier alpha value is -3.51. The second kappa shape index (κ2) is 11.6. The van der Waals surface area contributed by atoms with Crippen molar-refractivity contribution in [3.63, 3.8) is 0 Å². The molecule has 0 spiro atoms. The molecule has 0 radical (unpaired) electrons. The molecule has 0 aliphatic rings. The third-order valence-electron chi connectivity index (χ3n) is 4.97. The van der Waals surface area contributed by atoms with Crippen LogP contribution in [0, 0.1) is 5.41 Å². The molecule has 0 saturated carbocycles. The highest BCUT2D eigenvalue weighted by molar-refractivity contribution is 6.30. The minimum Gasteiger partial charge on any atom is -0.457 e. The van der Waals surface area contributed by atoms with Gasteiger partial charge in [0, 0.05) is 34.9 Å². The molecule has 34 heavy (non-hydrogen) atoms. The highest BCUT2D eigenvalue weighted by Gasteiger charge is 2.21. The molecule has 3 rings (SSSR count). The number of halogens is 1. The number of hydrogen-bond donors (Lipinski definition) is 2. The maximum atomic E-state index is 13.1. The second-order valence-corrected chi connectivity index (χ2v) is 9.30. The standard InChI is InChI=1S/C27H30ClN3O3/c1-27(2,3)25(32)29-17-8-18-31(26(33)30-21-10-7-9-20(28)19-21)22-13-15-24(16-14-22)34-23-11-5-4-6-12-23/h4-7,9-16,19H,8,17-18H2,1-3H3,(H,29,32)(H,30,33). The lowest BCUT2D eigenvalue weighted by Crippen LogP contribution is -2.39. The molecular formula is C27H30ClN3O3. The summed E-state index contributed by atoms with van der Waals surface area (Å²) in [5.41, 5.74) is 0.854. The lowest BCUT2D eigenvalue weighted by Gasteiger charge is -2.24. The zero-order valence-corrected chi connectivity index (χ0v) is 20.4. The van der Waals surface area contributed by atoms with Gasteiger partial charge in [0.1, 0.15) is 11.5 Å². The van der Waals surface area contributed by atoms with E-state index in [1.807, 2.05) is 75.4 Å². The number of nitrogens with zero attached hydrogens (tertiary/aromatic N) is 1. The average molecular weight is 480 g/mol. The quantitative estimate of drug-likeness (QED) is 0.352. The van der Waals surface area contributed by atoms with Crippen molar-refractivity contribution in [2.24, 2.45) is 5.41 Å². The monoisotopic (exact) mass is 479 g/mol. The first-order chi connectivity index (χ1) is 16.2. The van der Waals surface area contributed by atoms with Gasteiger partial charge in [0.25, 0.3) is 0 Å². The van der Waals surface area contributed by atoms with E-state index >= 15 is 0 Å². The summed E-state index contributed by atoms with van der Waals surface area (Å²) >= 11 is 6.06. The number of carbonyl (C=O) groups is 2. The van der Waals surface area contributed by atoms with E-state index in [4.69, 9.17) is 16.3 Å². The first kappa shape index (κ1) is 25.1. The predicted octanol–water partition coefficient (Wildman–Crippen LogP) is 6.72. The van der Waals surface area contributed by atoms with Crippen molar-refractivity contribution < 1.29 is 14.3 Å². The fourth-order valence-corrected chi connectivity index (χ4v) is 3.32. The number of amides is 3. The highest BCUT2D eigenvalue weighted by Crippen LogP contribution is 2.25. The predicted molar refractivity (Wildman–Crippen MR) is 138 cm³/mol. The Morgan fingerprint density at radius 3 is 2.24 bits per heavy atom. The van der Waals surface area contributed by atoms with E-state index in [1.54, 1.807) is 29.2 Å². The summed E-state index contributed by atoms with van der Waals surface area (Å²) in [5, 5.41) is 6.36. The fourth-order valence-electron chi connectivity index (χ4n) is 3.13. The van der Waals surface area contributed by atoms with Crippen LogP contribution in [0.1, 0.15) is 27.2 Å². The summed E-state index contributed by atoms with van der Waals surface area (Å²) in [4.78, 5) is 26.9. The van der Waals surface area contributed by atoms with Crippen LogP contribution in [0.4, 0.5) is 16.2 Å². The van der Waals surface area contributed by atoms with E-state index in [-0.39, 0.29) is 11.9 Å². The SMILES string of the molecule is CC(C)(C)C(=O)NCCCN(C(=O)Nc1cccc(Cl)c1)c1ccc(Oc2ccccc2)cc1. The maximum absolute atomic E-state index is 13.1. The zero-order valence-electron chi connectivity index (χ0n) is 19.7. The number of ether oxygens (including phenoxy) is 1. The van der Waals surface area contributed by atoms with Crippen molar-refractivity contribution in [1.82, 2.24) is 5.32 Å². The summed E-state index contributed by atoms with van der Waals surface area (Å²) in [5.74, 6) is 1.38. The second-order valence-electron chi connectivity index (χ2n) is 8.86. The number of rotatable bonds is 8. The summed E-state index contributed by atoms with van der Waals surface area (Å²) in [6, 6.07) is 23.5. The van der Waals surface area contributed by atoms with Crippen molar-refractivity contribution in [2.75, 3.05) is 23.3 Å². The third kappa shape index (κ3) is 7.52. The molecule has 0 fully saturated rings. The highest BCUT2D eigenvalue weighted by atomic mass is 35.5. The van der Waals surface area contributed by atoms with Crippen LogP contribution in [0.5, 0.6) is 11.5 Å². The summed E-state index contributed by atoms with van der Waals surface area (Å²) in [6.45, 7) is 6.48. The van der Waals surface area contributed by atoms with Gasteiger partial charge < -0.3 is 15.4 Å². The van der Waals surface area contributed by atoms with Crippen LogP contribution in [-0.4, -0.2) is 25.0 Å². The smallest absolute Gasteiger partial charge is 0.326 e. The zero-order chi connectivity index (χ0) is 24.6. The van der Waals surface area contributed by atoms with Crippen LogP contribution in [0.15, 0.2) is 78.9 Å². The first-order valence-electron chi connectivity index (χ1n) is 11.2. The van der Waals surface area contributed by atoms with E-state index < -0.39 is 5.41 Å². The molecule has 0 saturated heterocycles. The van der Waals surface area contributed by atoms with E-state index in [0.717, 1.165) is 5.75 Å². The molecular weight excluding hydrogens is 450 g/mol. The molecule has 0 atom stereocenters. The van der Waals surface area contributed by atoms with Crippen LogP contribution in [0.25, 0.3) is 0 Å². The van der Waals surface area contributed by atoms with Gasteiger partial charge in [-0.1, -0.05) is 56.6 Å². The Balaban J connectivity index is 1.70. The van der Waals surface area contributed by atoms with Gasteiger partial charge in [-0.3, -0.25) is 9.69 Å². The summed E-state index contributed by atoms with van der Waals surface area (Å²) in [6.07, 6.45) is 0.590. The van der Waals surface area contributed by atoms with Gasteiger partial charge in [-0.05, 0) is 61.0 Å². The van der Waals surface area contributed by atoms with Crippen LogP contribution in [0.3, 0.4) is 0 Å². The number of urea groups is 1. The van der Waals surface area contributed by atoms with Gasteiger partial charge in [-0.15, -0.1) is 0 Å². The minimum atomic E-state index is -0.460. The Morgan fingerprint density at radius 1 is 0.912 bits per heavy atom. The van der Waals surface area contributed by atoms with Crippen LogP contribution in [-0.2, 0) is 4.79 Å². The molecule has 0 aliphatic carbocycles. The van der Waals surface area contributed by atoms with Gasteiger partial charge in [-0.2, -0.15) is 0 Å². The van der Waals surface area contributed by atoms with Crippen LogP contribution in [0.2, 0.25) is 5.02 Å². The van der Waals surface area contributed by atoms with Crippen molar-refractivity contribution in [1.29, 1.82) is 0 Å². The van der Waals surface area contributed by atoms with Crippen LogP contribution >= 0.6 is 11.6 Å². The summed E-state index contributed by atoms with van der Waals surface area (Å²) < 4.78 is 5.86. The molecule has 0 heterocycles. The average Bonchev–Trinajstić information content (AvgIpc) is 2.79. The molecule has 2 N–H and O–H groups in total. The van der Waals surface area contributed by atoms with Gasteiger partial charge >= 0.3 is 6.03 Å². The molecule has 6 nitrogen and oxygen atoms in total. The van der Waals surface area contributed by atoms with E-state index in [2.05, 4.69) is 10.6 Å².